The van der Waals surface area contributed by atoms with Gasteiger partial charge in [0.15, 0.2) is 5.79 Å². The largest absolute Gasteiger partial charge is 0.344 e. The summed E-state index contributed by atoms with van der Waals surface area (Å²) in [5.74, 6) is -1.30. The molecule has 1 aliphatic rings. The predicted octanol–water partition coefficient (Wildman–Crippen LogP) is 2.29. The summed E-state index contributed by atoms with van der Waals surface area (Å²) >= 11 is 5.75. The molecule has 0 saturated carbocycles. The second kappa shape index (κ2) is 4.90. The van der Waals surface area contributed by atoms with E-state index in [0.29, 0.717) is 13.2 Å². The normalized spacial score (nSPS) is 29.3. The van der Waals surface area contributed by atoms with Crippen LogP contribution in [-0.2, 0) is 15.3 Å². The van der Waals surface area contributed by atoms with E-state index in [1.54, 1.807) is 6.07 Å². The lowest BCUT2D eigenvalue weighted by molar-refractivity contribution is -0.272. The highest BCUT2D eigenvalue weighted by Crippen LogP contribution is 2.32. The smallest absolute Gasteiger partial charge is 0.192 e. The Bertz CT molecular complexity index is 405. The average Bonchev–Trinajstić information content (AvgIpc) is 2.33. The second-order valence-corrected chi connectivity index (χ2v) is 4.59. The molecule has 0 radical (unpaired) electrons. The van der Waals surface area contributed by atoms with Crippen molar-refractivity contribution in [3.63, 3.8) is 0 Å². The molecule has 0 amide bonds. The Morgan fingerprint density at radius 1 is 1.41 bits per heavy atom. The van der Waals surface area contributed by atoms with E-state index in [4.69, 9.17) is 21.1 Å². The minimum Gasteiger partial charge on any atom is -0.344 e. The molecular formula is C12H15ClFNO2. The first-order valence-corrected chi connectivity index (χ1v) is 5.83. The SMILES string of the molecule is CNC1COC(C)(c2ccc(F)c(Cl)c2)OC1. The van der Waals surface area contributed by atoms with Crippen LogP contribution in [0.2, 0.25) is 5.02 Å². The van der Waals surface area contributed by atoms with E-state index in [1.165, 1.54) is 12.1 Å². The first-order chi connectivity index (χ1) is 8.05. The standard InChI is InChI=1S/C12H15ClFNO2/c1-12(16-6-9(15-2)7-17-12)8-3-4-11(14)10(13)5-8/h3-5,9,15H,6-7H2,1-2H3. The lowest BCUT2D eigenvalue weighted by Crippen LogP contribution is -2.47. The van der Waals surface area contributed by atoms with Crippen molar-refractivity contribution in [1.82, 2.24) is 5.32 Å². The molecule has 2 rings (SSSR count). The van der Waals surface area contributed by atoms with Gasteiger partial charge in [-0.2, -0.15) is 0 Å². The zero-order valence-corrected chi connectivity index (χ0v) is 10.6. The Hall–Kier alpha value is -0.680. The summed E-state index contributed by atoms with van der Waals surface area (Å²) in [6.07, 6.45) is 0. The fraction of sp³-hybridized carbons (Fsp3) is 0.500. The summed E-state index contributed by atoms with van der Waals surface area (Å²) in [5.41, 5.74) is 0.721. The highest BCUT2D eigenvalue weighted by atomic mass is 35.5. The van der Waals surface area contributed by atoms with Crippen molar-refractivity contribution < 1.29 is 13.9 Å². The van der Waals surface area contributed by atoms with E-state index in [0.717, 1.165) is 5.56 Å². The molecule has 1 saturated heterocycles. The second-order valence-electron chi connectivity index (χ2n) is 4.18. The van der Waals surface area contributed by atoms with Gasteiger partial charge >= 0.3 is 0 Å². The Balaban J connectivity index is 2.18. The van der Waals surface area contributed by atoms with Crippen molar-refractivity contribution in [3.8, 4) is 0 Å². The maximum Gasteiger partial charge on any atom is 0.192 e. The van der Waals surface area contributed by atoms with Gasteiger partial charge in [0.1, 0.15) is 5.82 Å². The quantitative estimate of drug-likeness (QED) is 0.884. The van der Waals surface area contributed by atoms with Crippen LogP contribution in [0.5, 0.6) is 0 Å². The Morgan fingerprint density at radius 2 is 2.06 bits per heavy atom. The van der Waals surface area contributed by atoms with Gasteiger partial charge in [-0.3, -0.25) is 0 Å². The van der Waals surface area contributed by atoms with E-state index in [1.807, 2.05) is 14.0 Å². The summed E-state index contributed by atoms with van der Waals surface area (Å²) in [7, 11) is 1.86. The molecule has 0 bridgehead atoms. The molecule has 0 atom stereocenters. The van der Waals surface area contributed by atoms with E-state index in [-0.39, 0.29) is 11.1 Å². The van der Waals surface area contributed by atoms with E-state index in [9.17, 15) is 4.39 Å². The molecule has 1 N–H and O–H groups in total. The summed E-state index contributed by atoms with van der Waals surface area (Å²) in [6, 6.07) is 4.66. The number of rotatable bonds is 2. The van der Waals surface area contributed by atoms with E-state index >= 15 is 0 Å². The van der Waals surface area contributed by atoms with Gasteiger partial charge in [-0.15, -0.1) is 0 Å². The van der Waals surface area contributed by atoms with Crippen molar-refractivity contribution in [2.45, 2.75) is 18.8 Å². The van der Waals surface area contributed by atoms with E-state index in [2.05, 4.69) is 5.32 Å². The van der Waals surface area contributed by atoms with Gasteiger partial charge in [0, 0.05) is 5.56 Å². The van der Waals surface area contributed by atoms with Crippen LogP contribution in [-0.4, -0.2) is 26.3 Å². The molecule has 1 heterocycles. The lowest BCUT2D eigenvalue weighted by Gasteiger charge is -2.37. The van der Waals surface area contributed by atoms with Gasteiger partial charge in [0.05, 0.1) is 24.3 Å². The summed E-state index contributed by atoms with van der Waals surface area (Å²) in [6.45, 7) is 2.90. The molecule has 0 aliphatic carbocycles. The van der Waals surface area contributed by atoms with Crippen LogP contribution in [0, 0.1) is 5.82 Å². The maximum absolute atomic E-state index is 13.1. The van der Waals surface area contributed by atoms with Crippen LogP contribution in [0.25, 0.3) is 0 Å². The topological polar surface area (TPSA) is 30.5 Å². The molecule has 0 unspecified atom stereocenters. The zero-order valence-electron chi connectivity index (χ0n) is 9.80. The molecule has 1 aromatic rings. The van der Waals surface area contributed by atoms with E-state index < -0.39 is 11.6 Å². The van der Waals surface area contributed by atoms with Gasteiger partial charge in [-0.25, -0.2) is 4.39 Å². The Labute approximate surface area is 105 Å². The van der Waals surface area contributed by atoms with Gasteiger partial charge in [0.25, 0.3) is 0 Å². The molecule has 0 spiro atoms. The fourth-order valence-corrected chi connectivity index (χ4v) is 1.90. The number of hydrogen-bond acceptors (Lipinski definition) is 3. The molecule has 1 aromatic carbocycles. The van der Waals surface area contributed by atoms with Crippen molar-refractivity contribution in [3.05, 3.63) is 34.6 Å². The minimum absolute atomic E-state index is 0.0756. The van der Waals surface area contributed by atoms with Crippen molar-refractivity contribution in [2.75, 3.05) is 20.3 Å². The number of hydrogen-bond donors (Lipinski definition) is 1. The monoisotopic (exact) mass is 259 g/mol. The molecule has 5 heteroatoms. The van der Waals surface area contributed by atoms with Crippen LogP contribution in [0.4, 0.5) is 4.39 Å². The van der Waals surface area contributed by atoms with Crippen molar-refractivity contribution in [2.24, 2.45) is 0 Å². The summed E-state index contributed by atoms with van der Waals surface area (Å²) < 4.78 is 24.5. The van der Waals surface area contributed by atoms with Gasteiger partial charge in [0.2, 0.25) is 0 Å². The first kappa shape index (κ1) is 12.8. The Morgan fingerprint density at radius 3 is 2.59 bits per heavy atom. The number of nitrogens with one attached hydrogen (secondary N) is 1. The number of likely N-dealkylation sites (N-methyl/N-ethyl adjacent to an activating group) is 1. The average molecular weight is 260 g/mol. The molecule has 17 heavy (non-hydrogen) atoms. The number of halogens is 2. The molecule has 1 fully saturated rings. The zero-order chi connectivity index (χ0) is 12.5. The third-order valence-electron chi connectivity index (χ3n) is 2.97. The van der Waals surface area contributed by atoms with Crippen molar-refractivity contribution in [1.29, 1.82) is 0 Å². The highest BCUT2D eigenvalue weighted by Gasteiger charge is 2.34. The van der Waals surface area contributed by atoms with Crippen molar-refractivity contribution >= 4 is 11.6 Å². The van der Waals surface area contributed by atoms with Crippen LogP contribution < -0.4 is 5.32 Å². The minimum atomic E-state index is -0.856. The molecule has 1 aliphatic heterocycles. The third kappa shape index (κ3) is 2.60. The van der Waals surface area contributed by atoms with Crippen LogP contribution >= 0.6 is 11.6 Å². The van der Waals surface area contributed by atoms with Gasteiger partial charge in [-0.1, -0.05) is 17.7 Å². The maximum atomic E-state index is 13.1. The summed E-state index contributed by atoms with van der Waals surface area (Å²) in [5, 5.41) is 3.15. The number of ether oxygens (including phenoxy) is 2. The van der Waals surface area contributed by atoms with Crippen LogP contribution in [0.3, 0.4) is 0 Å². The Kier molecular flexibility index (Phi) is 3.68. The lowest BCUT2D eigenvalue weighted by atomic mass is 10.1. The molecule has 3 nitrogen and oxygen atoms in total. The van der Waals surface area contributed by atoms with Gasteiger partial charge in [-0.05, 0) is 26.1 Å². The third-order valence-corrected chi connectivity index (χ3v) is 3.26. The molecule has 0 aromatic heterocycles. The van der Waals surface area contributed by atoms with Crippen LogP contribution in [0.15, 0.2) is 18.2 Å². The number of benzene rings is 1. The first-order valence-electron chi connectivity index (χ1n) is 5.46. The molecular weight excluding hydrogens is 245 g/mol. The highest BCUT2D eigenvalue weighted by molar-refractivity contribution is 6.30. The predicted molar refractivity (Wildman–Crippen MR) is 63.5 cm³/mol. The van der Waals surface area contributed by atoms with Gasteiger partial charge < -0.3 is 14.8 Å². The fourth-order valence-electron chi connectivity index (χ4n) is 1.72. The van der Waals surface area contributed by atoms with Crippen LogP contribution in [0.1, 0.15) is 12.5 Å². The molecule has 94 valence electrons. The summed E-state index contributed by atoms with van der Waals surface area (Å²) in [4.78, 5) is 0.